The topological polar surface area (TPSA) is 35.2 Å². The molecule has 94 valence electrons. The summed E-state index contributed by atoms with van der Waals surface area (Å²) in [5.41, 5.74) is 6.92. The largest absolute Gasteiger partial charge is 0.496 e. The molecular weight excluding hydrogens is 310 g/mol. The zero-order valence-electron chi connectivity index (χ0n) is 10.0. The monoisotopic (exact) mass is 323 g/mol. The molecule has 0 bridgehead atoms. The second-order valence-electron chi connectivity index (χ2n) is 3.67. The third-order valence-electron chi connectivity index (χ3n) is 2.57. The van der Waals surface area contributed by atoms with Crippen molar-refractivity contribution in [3.63, 3.8) is 0 Å². The Hall–Kier alpha value is -0.970. The van der Waals surface area contributed by atoms with Gasteiger partial charge in [0.1, 0.15) is 5.75 Å². The molecule has 0 atom stereocenters. The van der Waals surface area contributed by atoms with Crippen molar-refractivity contribution >= 4 is 27.7 Å². The van der Waals surface area contributed by atoms with Gasteiger partial charge in [-0.2, -0.15) is 0 Å². The smallest absolute Gasteiger partial charge is 0.132 e. The third-order valence-corrected chi connectivity index (χ3v) is 4.47. The van der Waals surface area contributed by atoms with Crippen molar-refractivity contribution < 1.29 is 4.74 Å². The molecule has 0 aliphatic carbocycles. The normalized spacial score (nSPS) is 10.4. The standard InChI is InChI=1S/C14H14BrNOS/c1-17-12-6-2-3-7-14(12)18-13-8-4-5-11(15)10(13)9-16/h2-8H,9,16H2,1H3. The number of ether oxygens (including phenoxy) is 1. The second-order valence-corrected chi connectivity index (χ2v) is 5.61. The fourth-order valence-electron chi connectivity index (χ4n) is 1.65. The van der Waals surface area contributed by atoms with Crippen molar-refractivity contribution in [1.82, 2.24) is 0 Å². The van der Waals surface area contributed by atoms with E-state index in [0.29, 0.717) is 6.54 Å². The summed E-state index contributed by atoms with van der Waals surface area (Å²) in [5.74, 6) is 0.880. The van der Waals surface area contributed by atoms with E-state index in [1.165, 1.54) is 0 Å². The van der Waals surface area contributed by atoms with Crippen LogP contribution in [-0.2, 0) is 6.54 Å². The summed E-state index contributed by atoms with van der Waals surface area (Å²) in [6.07, 6.45) is 0. The van der Waals surface area contributed by atoms with E-state index >= 15 is 0 Å². The summed E-state index contributed by atoms with van der Waals surface area (Å²) in [5, 5.41) is 0. The van der Waals surface area contributed by atoms with Gasteiger partial charge in [0.2, 0.25) is 0 Å². The van der Waals surface area contributed by atoms with Crippen molar-refractivity contribution in [1.29, 1.82) is 0 Å². The Kier molecular flexibility index (Phi) is 4.69. The molecule has 2 nitrogen and oxygen atoms in total. The van der Waals surface area contributed by atoms with Crippen molar-refractivity contribution in [2.24, 2.45) is 5.73 Å². The molecule has 0 radical (unpaired) electrons. The Morgan fingerprint density at radius 3 is 2.56 bits per heavy atom. The first kappa shape index (κ1) is 13.5. The van der Waals surface area contributed by atoms with Crippen LogP contribution in [0.25, 0.3) is 0 Å². The zero-order chi connectivity index (χ0) is 13.0. The summed E-state index contributed by atoms with van der Waals surface area (Å²) in [7, 11) is 1.68. The first-order valence-electron chi connectivity index (χ1n) is 5.54. The van der Waals surface area contributed by atoms with Gasteiger partial charge in [0.15, 0.2) is 0 Å². The fraction of sp³-hybridized carbons (Fsp3) is 0.143. The first-order chi connectivity index (χ1) is 8.76. The van der Waals surface area contributed by atoms with Crippen LogP contribution >= 0.6 is 27.7 Å². The maximum atomic E-state index is 5.80. The Labute approximate surface area is 120 Å². The molecule has 0 amide bonds. The maximum absolute atomic E-state index is 5.80. The van der Waals surface area contributed by atoms with Gasteiger partial charge in [0, 0.05) is 15.9 Å². The molecule has 2 N–H and O–H groups in total. The summed E-state index contributed by atoms with van der Waals surface area (Å²) in [4.78, 5) is 2.24. The Balaban J connectivity index is 2.37. The van der Waals surface area contributed by atoms with Gasteiger partial charge in [0.25, 0.3) is 0 Å². The molecule has 0 aliphatic rings. The SMILES string of the molecule is COc1ccccc1Sc1cccc(Br)c1CN. The molecule has 0 fully saturated rings. The molecule has 4 heteroatoms. The summed E-state index contributed by atoms with van der Waals surface area (Å²) in [6, 6.07) is 14.1. The molecule has 0 saturated heterocycles. The average molecular weight is 324 g/mol. The van der Waals surface area contributed by atoms with Gasteiger partial charge in [-0.05, 0) is 29.8 Å². The molecule has 2 aromatic carbocycles. The van der Waals surface area contributed by atoms with Crippen LogP contribution < -0.4 is 10.5 Å². The van der Waals surface area contributed by atoms with Gasteiger partial charge >= 0.3 is 0 Å². The van der Waals surface area contributed by atoms with Gasteiger partial charge in [-0.1, -0.05) is 45.9 Å². The Morgan fingerprint density at radius 2 is 1.83 bits per heavy atom. The molecule has 2 rings (SSSR count). The average Bonchev–Trinajstić information content (AvgIpc) is 2.40. The quantitative estimate of drug-likeness (QED) is 0.921. The van der Waals surface area contributed by atoms with Crippen molar-refractivity contribution in [3.05, 3.63) is 52.5 Å². The van der Waals surface area contributed by atoms with E-state index in [4.69, 9.17) is 10.5 Å². The predicted molar refractivity (Wildman–Crippen MR) is 79.2 cm³/mol. The van der Waals surface area contributed by atoms with Gasteiger partial charge in [-0.15, -0.1) is 0 Å². The summed E-state index contributed by atoms with van der Waals surface area (Å²) >= 11 is 5.20. The number of hydrogen-bond donors (Lipinski definition) is 1. The van der Waals surface area contributed by atoms with E-state index in [1.807, 2.05) is 36.4 Å². The Bertz CT molecular complexity index is 545. The Morgan fingerprint density at radius 1 is 1.11 bits per heavy atom. The lowest BCUT2D eigenvalue weighted by molar-refractivity contribution is 0.405. The minimum absolute atomic E-state index is 0.513. The van der Waals surface area contributed by atoms with Gasteiger partial charge in [-0.3, -0.25) is 0 Å². The lowest BCUT2D eigenvalue weighted by atomic mass is 10.2. The van der Waals surface area contributed by atoms with Crippen molar-refractivity contribution in [2.75, 3.05) is 7.11 Å². The highest BCUT2D eigenvalue weighted by atomic mass is 79.9. The molecule has 18 heavy (non-hydrogen) atoms. The van der Waals surface area contributed by atoms with Crippen LogP contribution in [0.2, 0.25) is 0 Å². The molecule has 0 heterocycles. The van der Waals surface area contributed by atoms with Crippen LogP contribution in [0.3, 0.4) is 0 Å². The maximum Gasteiger partial charge on any atom is 0.132 e. The van der Waals surface area contributed by atoms with Gasteiger partial charge < -0.3 is 10.5 Å². The van der Waals surface area contributed by atoms with Crippen molar-refractivity contribution in [2.45, 2.75) is 16.3 Å². The first-order valence-corrected chi connectivity index (χ1v) is 7.15. The van der Waals surface area contributed by atoms with Crippen molar-refractivity contribution in [3.8, 4) is 5.75 Å². The van der Waals surface area contributed by atoms with Gasteiger partial charge in [0.05, 0.1) is 12.0 Å². The second kappa shape index (κ2) is 6.27. The summed E-state index contributed by atoms with van der Waals surface area (Å²) in [6.45, 7) is 0.513. The number of rotatable bonds is 4. The zero-order valence-corrected chi connectivity index (χ0v) is 12.4. The number of benzene rings is 2. The van der Waals surface area contributed by atoms with E-state index in [2.05, 4.69) is 22.0 Å². The number of nitrogens with two attached hydrogens (primary N) is 1. The highest BCUT2D eigenvalue weighted by Crippen LogP contribution is 2.38. The third kappa shape index (κ3) is 2.88. The van der Waals surface area contributed by atoms with E-state index in [1.54, 1.807) is 18.9 Å². The van der Waals surface area contributed by atoms with E-state index < -0.39 is 0 Å². The predicted octanol–water partition coefficient (Wildman–Crippen LogP) is 4.07. The number of halogens is 1. The molecule has 0 saturated carbocycles. The number of methoxy groups -OCH3 is 1. The van der Waals surface area contributed by atoms with Crippen LogP contribution in [0, 0.1) is 0 Å². The lowest BCUT2D eigenvalue weighted by Crippen LogP contribution is -1.99. The highest BCUT2D eigenvalue weighted by Gasteiger charge is 2.09. The van der Waals surface area contributed by atoms with Crippen LogP contribution in [0.5, 0.6) is 5.75 Å². The van der Waals surface area contributed by atoms with Crippen LogP contribution in [0.1, 0.15) is 5.56 Å². The molecule has 0 spiro atoms. The molecule has 0 aromatic heterocycles. The van der Waals surface area contributed by atoms with E-state index in [0.717, 1.165) is 25.6 Å². The molecule has 0 unspecified atom stereocenters. The van der Waals surface area contributed by atoms with E-state index in [9.17, 15) is 0 Å². The minimum atomic E-state index is 0.513. The molecular formula is C14H14BrNOS. The minimum Gasteiger partial charge on any atom is -0.496 e. The number of para-hydroxylation sites is 1. The highest BCUT2D eigenvalue weighted by molar-refractivity contribution is 9.10. The molecule has 2 aromatic rings. The van der Waals surface area contributed by atoms with Crippen LogP contribution in [0.15, 0.2) is 56.7 Å². The summed E-state index contributed by atoms with van der Waals surface area (Å²) < 4.78 is 6.40. The fourth-order valence-corrected chi connectivity index (χ4v) is 3.41. The van der Waals surface area contributed by atoms with Gasteiger partial charge in [-0.25, -0.2) is 0 Å². The lowest BCUT2D eigenvalue weighted by Gasteiger charge is -2.11. The van der Waals surface area contributed by atoms with Crippen LogP contribution in [0.4, 0.5) is 0 Å². The van der Waals surface area contributed by atoms with Crippen LogP contribution in [-0.4, -0.2) is 7.11 Å². The number of hydrogen-bond acceptors (Lipinski definition) is 3. The molecule has 0 aliphatic heterocycles. The van der Waals surface area contributed by atoms with E-state index in [-0.39, 0.29) is 0 Å².